The fourth-order valence-electron chi connectivity index (χ4n) is 2.08. The van der Waals surface area contributed by atoms with E-state index in [1.165, 1.54) is 5.56 Å². The second kappa shape index (κ2) is 9.09. The zero-order valence-electron chi connectivity index (χ0n) is 12.5. The number of H-pyrrole nitrogens is 1. The largest absolute Gasteiger partial charge is 0.370 e. The Morgan fingerprint density at radius 2 is 2.23 bits per heavy atom. The summed E-state index contributed by atoms with van der Waals surface area (Å²) in [5, 5.41) is 7.67. The number of thioether (sulfide) groups is 1. The fraction of sp³-hybridized carbons (Fsp3) is 0.400. The van der Waals surface area contributed by atoms with Gasteiger partial charge in [0.05, 0.1) is 6.33 Å². The lowest BCUT2D eigenvalue weighted by Gasteiger charge is -2.22. The van der Waals surface area contributed by atoms with Gasteiger partial charge in [-0.05, 0) is 24.5 Å². The molecule has 0 aliphatic carbocycles. The molecule has 0 fully saturated rings. The van der Waals surface area contributed by atoms with Crippen molar-refractivity contribution in [3.8, 4) is 0 Å². The van der Waals surface area contributed by atoms with E-state index in [1.54, 1.807) is 12.5 Å². The minimum absolute atomic E-state index is 0.145. The van der Waals surface area contributed by atoms with E-state index >= 15 is 0 Å². The van der Waals surface area contributed by atoms with E-state index in [9.17, 15) is 0 Å². The van der Waals surface area contributed by atoms with Crippen LogP contribution < -0.4 is 5.73 Å². The Kier molecular flexibility index (Phi) is 6.76. The number of nitrogens with zero attached hydrogens (tertiary/aromatic N) is 3. The van der Waals surface area contributed by atoms with Crippen molar-refractivity contribution in [1.82, 2.24) is 19.9 Å². The molecule has 0 aliphatic heterocycles. The van der Waals surface area contributed by atoms with Gasteiger partial charge in [0, 0.05) is 48.9 Å². The zero-order chi connectivity index (χ0) is 15.6. The number of guanidine groups is 1. The van der Waals surface area contributed by atoms with Gasteiger partial charge >= 0.3 is 0 Å². The monoisotopic (exact) mass is 318 g/mol. The Bertz CT molecular complexity index is 542. The topological polar surface area (TPSA) is 94.7 Å². The molecule has 2 heterocycles. The minimum atomic E-state index is 0.145. The molecular weight excluding hydrogens is 296 g/mol. The number of imidazole rings is 1. The summed E-state index contributed by atoms with van der Waals surface area (Å²) >= 11 is 1.83. The van der Waals surface area contributed by atoms with Gasteiger partial charge in [0.1, 0.15) is 0 Å². The summed E-state index contributed by atoms with van der Waals surface area (Å²) in [7, 11) is 0. The summed E-state index contributed by atoms with van der Waals surface area (Å²) < 4.78 is 0. The summed E-state index contributed by atoms with van der Waals surface area (Å²) in [5.41, 5.74) is 8.00. The van der Waals surface area contributed by atoms with Crippen molar-refractivity contribution >= 4 is 17.7 Å². The number of nitrogens with two attached hydrogens (primary N) is 1. The molecule has 4 N–H and O–H groups in total. The normalized spacial score (nSPS) is 10.5. The van der Waals surface area contributed by atoms with Crippen LogP contribution in [0.2, 0.25) is 0 Å². The van der Waals surface area contributed by atoms with Crippen molar-refractivity contribution in [3.05, 3.63) is 48.3 Å². The predicted molar refractivity (Wildman–Crippen MR) is 90.8 cm³/mol. The molecule has 2 aromatic rings. The Morgan fingerprint density at radius 3 is 2.91 bits per heavy atom. The maximum Gasteiger partial charge on any atom is 0.188 e. The van der Waals surface area contributed by atoms with Gasteiger partial charge in [-0.1, -0.05) is 6.07 Å². The van der Waals surface area contributed by atoms with Crippen molar-refractivity contribution in [2.75, 3.05) is 18.8 Å². The zero-order valence-corrected chi connectivity index (χ0v) is 13.4. The first-order valence-corrected chi connectivity index (χ1v) is 8.44. The van der Waals surface area contributed by atoms with Crippen LogP contribution in [0.5, 0.6) is 0 Å². The number of aryl methyl sites for hydroxylation is 1. The van der Waals surface area contributed by atoms with Crippen molar-refractivity contribution in [2.24, 2.45) is 5.73 Å². The van der Waals surface area contributed by atoms with E-state index in [-0.39, 0.29) is 5.96 Å². The van der Waals surface area contributed by atoms with Crippen LogP contribution in [-0.4, -0.2) is 44.7 Å². The molecule has 2 aromatic heterocycles. The smallest absolute Gasteiger partial charge is 0.188 e. The molecule has 0 saturated carbocycles. The Balaban J connectivity index is 1.64. The number of hydrogen-bond donors (Lipinski definition) is 3. The maximum absolute atomic E-state index is 7.67. The molecular formula is C15H22N6S. The SMILES string of the molecule is N=C(N)N(CCCc1cnc[nH]1)CCSCc1cccnc1. The van der Waals surface area contributed by atoms with Gasteiger partial charge in [0.25, 0.3) is 0 Å². The molecule has 118 valence electrons. The molecule has 0 radical (unpaired) electrons. The van der Waals surface area contributed by atoms with Crippen LogP contribution in [0.4, 0.5) is 0 Å². The lowest BCUT2D eigenvalue weighted by Crippen LogP contribution is -2.38. The first-order valence-electron chi connectivity index (χ1n) is 7.28. The third-order valence-electron chi connectivity index (χ3n) is 3.27. The van der Waals surface area contributed by atoms with Gasteiger partial charge in [-0.3, -0.25) is 10.4 Å². The first kappa shape index (κ1) is 16.4. The van der Waals surface area contributed by atoms with Crippen LogP contribution in [0.25, 0.3) is 0 Å². The van der Waals surface area contributed by atoms with Crippen molar-refractivity contribution in [2.45, 2.75) is 18.6 Å². The lowest BCUT2D eigenvalue weighted by molar-refractivity contribution is 0.426. The third-order valence-corrected chi connectivity index (χ3v) is 4.28. The van der Waals surface area contributed by atoms with Gasteiger partial charge in [-0.25, -0.2) is 4.98 Å². The van der Waals surface area contributed by atoms with Crippen molar-refractivity contribution in [3.63, 3.8) is 0 Å². The number of aromatic nitrogens is 3. The molecule has 0 unspecified atom stereocenters. The van der Waals surface area contributed by atoms with Crippen LogP contribution in [-0.2, 0) is 12.2 Å². The number of pyridine rings is 1. The quantitative estimate of drug-likeness (QED) is 0.373. The molecule has 7 heteroatoms. The average Bonchev–Trinajstić information content (AvgIpc) is 3.03. The summed E-state index contributed by atoms with van der Waals surface area (Å²) in [4.78, 5) is 13.1. The van der Waals surface area contributed by atoms with E-state index in [0.29, 0.717) is 0 Å². The van der Waals surface area contributed by atoms with Gasteiger partial charge in [-0.2, -0.15) is 11.8 Å². The van der Waals surface area contributed by atoms with Gasteiger partial charge in [-0.15, -0.1) is 0 Å². The van der Waals surface area contributed by atoms with Crippen molar-refractivity contribution in [1.29, 1.82) is 5.41 Å². The lowest BCUT2D eigenvalue weighted by atomic mass is 10.2. The molecule has 6 nitrogen and oxygen atoms in total. The van der Waals surface area contributed by atoms with Gasteiger partial charge in [0.2, 0.25) is 0 Å². The highest BCUT2D eigenvalue weighted by Gasteiger charge is 2.06. The van der Waals surface area contributed by atoms with Gasteiger partial charge < -0.3 is 15.6 Å². The van der Waals surface area contributed by atoms with Crippen LogP contribution in [0.15, 0.2) is 37.1 Å². The molecule has 2 rings (SSSR count). The van der Waals surface area contributed by atoms with E-state index in [2.05, 4.69) is 21.0 Å². The minimum Gasteiger partial charge on any atom is -0.370 e. The van der Waals surface area contributed by atoms with E-state index in [4.69, 9.17) is 11.1 Å². The fourth-order valence-corrected chi connectivity index (χ4v) is 2.98. The second-order valence-electron chi connectivity index (χ2n) is 4.97. The second-order valence-corrected chi connectivity index (χ2v) is 6.07. The molecule has 0 spiro atoms. The Labute approximate surface area is 135 Å². The highest BCUT2D eigenvalue weighted by atomic mass is 32.2. The first-order chi connectivity index (χ1) is 10.8. The Morgan fingerprint density at radius 1 is 1.32 bits per heavy atom. The molecule has 0 saturated heterocycles. The average molecular weight is 318 g/mol. The van der Waals surface area contributed by atoms with Crippen LogP contribution >= 0.6 is 11.8 Å². The van der Waals surface area contributed by atoms with E-state index in [0.717, 1.165) is 43.1 Å². The van der Waals surface area contributed by atoms with Crippen LogP contribution in [0.1, 0.15) is 17.7 Å². The van der Waals surface area contributed by atoms with Crippen LogP contribution in [0, 0.1) is 5.41 Å². The third kappa shape index (κ3) is 5.77. The summed E-state index contributed by atoms with van der Waals surface area (Å²) in [6.45, 7) is 1.59. The highest BCUT2D eigenvalue weighted by molar-refractivity contribution is 7.98. The molecule has 22 heavy (non-hydrogen) atoms. The van der Waals surface area contributed by atoms with Crippen molar-refractivity contribution < 1.29 is 0 Å². The number of rotatable bonds is 9. The molecule has 0 aromatic carbocycles. The molecule has 0 amide bonds. The molecule has 0 atom stereocenters. The van der Waals surface area contributed by atoms with E-state index in [1.807, 2.05) is 35.1 Å². The van der Waals surface area contributed by atoms with Gasteiger partial charge in [0.15, 0.2) is 5.96 Å². The van der Waals surface area contributed by atoms with Crippen LogP contribution in [0.3, 0.4) is 0 Å². The number of hydrogen-bond acceptors (Lipinski definition) is 4. The maximum atomic E-state index is 7.67. The summed E-state index contributed by atoms with van der Waals surface area (Å²) in [6, 6.07) is 4.03. The number of nitrogens with one attached hydrogen (secondary N) is 2. The Hall–Kier alpha value is -2.02. The summed E-state index contributed by atoms with van der Waals surface area (Å²) in [5.74, 6) is 2.03. The summed E-state index contributed by atoms with van der Waals surface area (Å²) in [6.07, 6.45) is 9.07. The molecule has 0 bridgehead atoms. The highest BCUT2D eigenvalue weighted by Crippen LogP contribution is 2.11. The molecule has 0 aliphatic rings. The van der Waals surface area contributed by atoms with E-state index < -0.39 is 0 Å². The predicted octanol–water partition coefficient (Wildman–Crippen LogP) is 1.87. The number of aromatic amines is 1. The standard InChI is InChI=1S/C15H22N6S/c16-15(17)21(6-2-4-14-10-19-12-20-14)7-8-22-11-13-3-1-5-18-9-13/h1,3,5,9-10,12H,2,4,6-8,11H2,(H3,16,17)(H,19,20).